The maximum absolute atomic E-state index is 2.82. The maximum atomic E-state index is 2.82. The van der Waals surface area contributed by atoms with E-state index in [1.807, 2.05) is 0 Å². The van der Waals surface area contributed by atoms with Crippen molar-refractivity contribution in [3.8, 4) is 0 Å². The maximum Gasteiger partial charge on any atom is 0.252 e. The number of hydrogen-bond donors (Lipinski definition) is 0. The van der Waals surface area contributed by atoms with Crippen molar-refractivity contribution in [3.05, 3.63) is 148 Å². The van der Waals surface area contributed by atoms with E-state index in [4.69, 9.17) is 0 Å². The molecule has 2 unspecified atom stereocenters. The van der Waals surface area contributed by atoms with E-state index in [0.29, 0.717) is 0 Å². The first kappa shape index (κ1) is 45.9. The van der Waals surface area contributed by atoms with E-state index in [9.17, 15) is 0 Å². The molecule has 70 heavy (non-hydrogen) atoms. The zero-order valence-electron chi connectivity index (χ0n) is 45.6. The molecule has 12 rings (SSSR count). The van der Waals surface area contributed by atoms with Gasteiger partial charge < -0.3 is 14.7 Å². The van der Waals surface area contributed by atoms with Crippen LogP contribution in [-0.4, -0.2) is 12.3 Å². The number of benzene rings is 6. The van der Waals surface area contributed by atoms with Gasteiger partial charge in [0, 0.05) is 50.9 Å². The largest absolute Gasteiger partial charge is 0.334 e. The van der Waals surface area contributed by atoms with Crippen LogP contribution in [0.15, 0.2) is 109 Å². The number of fused-ring (bicyclic) bond motifs is 9. The lowest BCUT2D eigenvalue weighted by Gasteiger charge is -2.51. The Kier molecular flexibility index (Phi) is 9.35. The van der Waals surface area contributed by atoms with Crippen molar-refractivity contribution in [1.82, 2.24) is 0 Å². The lowest BCUT2D eigenvalue weighted by Crippen LogP contribution is -2.62. The van der Waals surface area contributed by atoms with Crippen LogP contribution in [0.4, 0.5) is 45.5 Å². The van der Waals surface area contributed by atoms with E-state index in [2.05, 4.69) is 235 Å². The molecular weight excluding hydrogens is 846 g/mol. The molecule has 3 aliphatic heterocycles. The average molecular weight is 924 g/mol. The summed E-state index contributed by atoms with van der Waals surface area (Å²) in [7, 11) is 0. The van der Waals surface area contributed by atoms with Crippen molar-refractivity contribution >= 4 is 68.6 Å². The molecule has 1 saturated carbocycles. The van der Waals surface area contributed by atoms with Crippen LogP contribution in [0.2, 0.25) is 0 Å². The standard InChI is InChI=1S/C66H78BN3/c1-59(2,3)41-23-26-43(27-24-41)68-54-30-25-42(60(4,5)6)33-51(54)67-52-37-49-50(64(13,14)40-63(49,11)12)38-55(52)69(44-28-29-46-48(34-44)62(9,10)39-61(46,7)8)57-36-45(35-56(68)58(57)67)70-53-22-18-17-21-47(53)65(15)31-19-20-32-66(65,70)16/h17-18,21-30,33-38H,19-20,31-32,39-40H2,1-16H3. The Hall–Kier alpha value is -5.22. The predicted molar refractivity (Wildman–Crippen MR) is 302 cm³/mol. The van der Waals surface area contributed by atoms with Gasteiger partial charge in [-0.2, -0.15) is 0 Å². The highest BCUT2D eigenvalue weighted by Gasteiger charge is 2.58. The zero-order valence-corrected chi connectivity index (χ0v) is 45.6. The van der Waals surface area contributed by atoms with Gasteiger partial charge in [-0.25, -0.2) is 0 Å². The van der Waals surface area contributed by atoms with Gasteiger partial charge in [-0.05, 0) is 175 Å². The average Bonchev–Trinajstić information content (AvgIpc) is 3.70. The molecular formula is C66H78BN3. The van der Waals surface area contributed by atoms with E-state index >= 15 is 0 Å². The Labute approximate surface area is 422 Å². The summed E-state index contributed by atoms with van der Waals surface area (Å²) >= 11 is 0. The Balaban J connectivity index is 1.23. The quantitative estimate of drug-likeness (QED) is 0.164. The number of nitrogens with zero attached hydrogens (tertiary/aromatic N) is 3. The number of hydrogen-bond acceptors (Lipinski definition) is 3. The van der Waals surface area contributed by atoms with E-state index in [1.165, 1.54) is 120 Å². The molecule has 1 fully saturated rings. The molecule has 0 N–H and O–H groups in total. The minimum atomic E-state index is -0.0975. The molecule has 0 spiro atoms. The summed E-state index contributed by atoms with van der Waals surface area (Å²) in [4.78, 5) is 8.24. The van der Waals surface area contributed by atoms with E-state index in [1.54, 1.807) is 0 Å². The molecule has 6 aromatic carbocycles. The summed E-state index contributed by atoms with van der Waals surface area (Å²) in [6.07, 6.45) is 7.13. The topological polar surface area (TPSA) is 9.72 Å². The smallest absolute Gasteiger partial charge is 0.252 e. The van der Waals surface area contributed by atoms with Crippen LogP contribution >= 0.6 is 0 Å². The Morgan fingerprint density at radius 2 is 0.943 bits per heavy atom. The fraction of sp³-hybridized carbons (Fsp3) is 0.455. The summed E-state index contributed by atoms with van der Waals surface area (Å²) < 4.78 is 0. The van der Waals surface area contributed by atoms with E-state index in [0.717, 1.165) is 19.3 Å². The van der Waals surface area contributed by atoms with Crippen LogP contribution in [-0.2, 0) is 37.9 Å². The van der Waals surface area contributed by atoms with E-state index < -0.39 is 0 Å². The lowest BCUT2D eigenvalue weighted by molar-refractivity contribution is 0.195. The fourth-order valence-corrected chi connectivity index (χ4v) is 15.9. The molecule has 0 amide bonds. The molecule has 0 radical (unpaired) electrons. The number of rotatable bonds is 3. The Bertz CT molecular complexity index is 3190. The van der Waals surface area contributed by atoms with Crippen molar-refractivity contribution in [2.45, 2.75) is 193 Å². The summed E-state index contributed by atoms with van der Waals surface area (Å²) in [6.45, 7) is 39.2. The molecule has 0 aromatic heterocycles. The molecule has 6 aliphatic rings. The van der Waals surface area contributed by atoms with Gasteiger partial charge in [0.2, 0.25) is 0 Å². The third-order valence-electron chi connectivity index (χ3n) is 19.3. The van der Waals surface area contributed by atoms with Gasteiger partial charge in [-0.15, -0.1) is 0 Å². The highest BCUT2D eigenvalue weighted by molar-refractivity contribution is 7.00. The van der Waals surface area contributed by atoms with Gasteiger partial charge in [0.25, 0.3) is 6.71 Å². The van der Waals surface area contributed by atoms with Gasteiger partial charge >= 0.3 is 0 Å². The molecule has 0 bridgehead atoms. The van der Waals surface area contributed by atoms with Crippen LogP contribution in [0, 0.1) is 0 Å². The monoisotopic (exact) mass is 924 g/mol. The van der Waals surface area contributed by atoms with Crippen LogP contribution in [0.1, 0.15) is 188 Å². The predicted octanol–water partition coefficient (Wildman–Crippen LogP) is 16.0. The normalized spacial score (nSPS) is 23.8. The first-order chi connectivity index (χ1) is 32.7. The highest BCUT2D eigenvalue weighted by Crippen LogP contribution is 2.62. The highest BCUT2D eigenvalue weighted by atomic mass is 15.3. The lowest BCUT2D eigenvalue weighted by atomic mass is 9.33. The first-order valence-corrected chi connectivity index (χ1v) is 26.9. The van der Waals surface area contributed by atoms with Crippen LogP contribution < -0.4 is 31.1 Å². The molecule has 0 saturated heterocycles. The molecule has 4 heteroatoms. The molecule has 360 valence electrons. The Morgan fingerprint density at radius 3 is 1.59 bits per heavy atom. The first-order valence-electron chi connectivity index (χ1n) is 26.9. The van der Waals surface area contributed by atoms with Gasteiger partial charge in [-0.3, -0.25) is 0 Å². The summed E-state index contributed by atoms with van der Waals surface area (Å²) in [6, 6.07) is 44.8. The molecule has 2 atom stereocenters. The third kappa shape index (κ3) is 6.25. The van der Waals surface area contributed by atoms with Crippen molar-refractivity contribution in [1.29, 1.82) is 0 Å². The van der Waals surface area contributed by atoms with Gasteiger partial charge in [0.1, 0.15) is 0 Å². The number of para-hydroxylation sites is 1. The van der Waals surface area contributed by atoms with Crippen molar-refractivity contribution in [2.24, 2.45) is 0 Å². The molecule has 3 nitrogen and oxygen atoms in total. The van der Waals surface area contributed by atoms with Gasteiger partial charge in [0.05, 0.1) is 5.54 Å². The minimum absolute atomic E-state index is 0.0229. The molecule has 3 aliphatic carbocycles. The van der Waals surface area contributed by atoms with Crippen molar-refractivity contribution in [3.63, 3.8) is 0 Å². The van der Waals surface area contributed by atoms with Gasteiger partial charge in [0.15, 0.2) is 0 Å². The summed E-state index contributed by atoms with van der Waals surface area (Å²) in [5, 5.41) is 0. The second kappa shape index (κ2) is 14.3. The fourth-order valence-electron chi connectivity index (χ4n) is 15.9. The SMILES string of the molecule is CC(C)(C)c1ccc(N2c3ccc(C(C)(C)C)cc3B3c4cc5c(cc4N(c4ccc6c(c4)C(C)(C)CC6(C)C)c4cc(N6c7ccccc7C7(C)CCCCC67C)cc2c43)C(C)(C)CC5(C)C)cc1. The van der Waals surface area contributed by atoms with Crippen molar-refractivity contribution < 1.29 is 0 Å². The van der Waals surface area contributed by atoms with Crippen LogP contribution in [0.3, 0.4) is 0 Å². The third-order valence-corrected chi connectivity index (χ3v) is 19.3. The van der Waals surface area contributed by atoms with Crippen LogP contribution in [0.25, 0.3) is 0 Å². The Morgan fingerprint density at radius 1 is 0.414 bits per heavy atom. The molecule has 3 heterocycles. The second-order valence-corrected chi connectivity index (χ2v) is 28.1. The van der Waals surface area contributed by atoms with E-state index in [-0.39, 0.29) is 50.2 Å². The summed E-state index contributed by atoms with van der Waals surface area (Å²) in [5.74, 6) is 0. The second-order valence-electron chi connectivity index (χ2n) is 28.1. The summed E-state index contributed by atoms with van der Waals surface area (Å²) in [5.41, 5.74) is 25.0. The zero-order chi connectivity index (χ0) is 49.7. The van der Waals surface area contributed by atoms with Gasteiger partial charge in [-0.1, -0.05) is 171 Å². The van der Waals surface area contributed by atoms with Crippen LogP contribution in [0.5, 0.6) is 0 Å². The molecule has 6 aromatic rings. The van der Waals surface area contributed by atoms with Crippen molar-refractivity contribution in [2.75, 3.05) is 14.7 Å². The minimum Gasteiger partial charge on any atom is -0.334 e. The number of anilines is 8.